The maximum Gasteiger partial charge on any atom is 0.183 e. The average molecular weight is 370 g/mol. The Morgan fingerprint density at radius 3 is 2.73 bits per heavy atom. The number of thioether (sulfide) groups is 1. The molecule has 1 atom stereocenters. The number of carboxylic acid groups (broad SMARTS) is 1. The van der Waals surface area contributed by atoms with Gasteiger partial charge < -0.3 is 9.90 Å². The van der Waals surface area contributed by atoms with Crippen molar-refractivity contribution < 1.29 is 9.90 Å². The molecule has 0 saturated heterocycles. The van der Waals surface area contributed by atoms with E-state index in [1.54, 1.807) is 4.68 Å². The smallest absolute Gasteiger partial charge is 0.183 e. The number of carboxylic acids is 1. The fourth-order valence-electron chi connectivity index (χ4n) is 2.58. The van der Waals surface area contributed by atoms with Crippen LogP contribution in [0.4, 0.5) is 0 Å². The molecule has 8 heteroatoms. The van der Waals surface area contributed by atoms with Crippen molar-refractivity contribution >= 4 is 28.9 Å². The number of hydrogen-bond donors (Lipinski definition) is 0. The monoisotopic (exact) mass is 370 g/mol. The Morgan fingerprint density at radius 2 is 2.04 bits per heavy atom. The number of fused-ring (bicyclic) bond motifs is 1. The lowest BCUT2D eigenvalue weighted by molar-refractivity contribution is -0.304. The van der Waals surface area contributed by atoms with Crippen LogP contribution in [0, 0.1) is 6.92 Å². The molecule has 0 aliphatic heterocycles. The highest BCUT2D eigenvalue weighted by molar-refractivity contribution is 8.00. The first kappa shape index (κ1) is 18.3. The van der Waals surface area contributed by atoms with Gasteiger partial charge in [-0.25, -0.2) is 14.6 Å². The van der Waals surface area contributed by atoms with E-state index in [4.69, 9.17) is 0 Å². The maximum absolute atomic E-state index is 11.4. The van der Waals surface area contributed by atoms with Crippen LogP contribution in [0.2, 0.25) is 0 Å². The molecule has 3 aromatic rings. The van der Waals surface area contributed by atoms with E-state index in [1.165, 1.54) is 11.9 Å². The average Bonchev–Trinajstić information content (AvgIpc) is 3.04. The minimum Gasteiger partial charge on any atom is -0.549 e. The highest BCUT2D eigenvalue weighted by Crippen LogP contribution is 2.29. The second kappa shape index (κ2) is 8.27. The van der Waals surface area contributed by atoms with E-state index in [9.17, 15) is 9.90 Å². The number of aliphatic carboxylic acids is 1. The van der Waals surface area contributed by atoms with E-state index < -0.39 is 11.2 Å². The van der Waals surface area contributed by atoms with Crippen LogP contribution in [0.15, 0.2) is 35.6 Å². The van der Waals surface area contributed by atoms with Gasteiger partial charge in [-0.15, -0.1) is 5.10 Å². The minimum atomic E-state index is -1.08. The first-order valence-corrected chi connectivity index (χ1v) is 9.43. The molecule has 0 aliphatic rings. The number of aromatic nitrogens is 5. The Labute approximate surface area is 155 Å². The molecule has 2 aromatic heterocycles. The van der Waals surface area contributed by atoms with Crippen molar-refractivity contribution in [2.45, 2.75) is 49.9 Å². The Morgan fingerprint density at radius 1 is 1.27 bits per heavy atom. The summed E-state index contributed by atoms with van der Waals surface area (Å²) >= 11 is 1.16. The fourth-order valence-corrected chi connectivity index (χ4v) is 3.58. The largest absolute Gasteiger partial charge is 0.549 e. The van der Waals surface area contributed by atoms with E-state index in [0.717, 1.165) is 30.2 Å². The van der Waals surface area contributed by atoms with Crippen LogP contribution in [-0.4, -0.2) is 36.2 Å². The fraction of sp³-hybridized carbons (Fsp3) is 0.389. The van der Waals surface area contributed by atoms with Gasteiger partial charge in [0.15, 0.2) is 11.2 Å². The van der Waals surface area contributed by atoms with Gasteiger partial charge in [0.2, 0.25) is 0 Å². The van der Waals surface area contributed by atoms with Gasteiger partial charge in [0, 0.05) is 0 Å². The van der Waals surface area contributed by atoms with Gasteiger partial charge in [-0.1, -0.05) is 66.6 Å². The lowest BCUT2D eigenvalue weighted by Gasteiger charge is -2.16. The minimum absolute atomic E-state index is 0.521. The molecule has 0 bridgehead atoms. The van der Waals surface area contributed by atoms with Gasteiger partial charge >= 0.3 is 0 Å². The van der Waals surface area contributed by atoms with Crippen LogP contribution in [0.5, 0.6) is 0 Å². The van der Waals surface area contributed by atoms with Crippen molar-refractivity contribution in [2.75, 3.05) is 0 Å². The summed E-state index contributed by atoms with van der Waals surface area (Å²) in [4.78, 5) is 19.9. The number of rotatable bonds is 8. The molecule has 0 N–H and O–H groups in total. The van der Waals surface area contributed by atoms with Gasteiger partial charge in [0.25, 0.3) is 0 Å². The molecule has 0 amide bonds. The lowest BCUT2D eigenvalue weighted by atomic mass is 10.1. The van der Waals surface area contributed by atoms with Crippen LogP contribution < -0.4 is 5.11 Å². The van der Waals surface area contributed by atoms with E-state index >= 15 is 0 Å². The standard InChI is InChI=1S/C18H21N5O2S/c1-3-4-5-14(18(24)25)26-17-15-16(19-11-20-17)23(22-21-15)10-13-8-6-12(2)7-9-13/h6-9,11,14H,3-5,10H2,1-2H3,(H,24,25)/p-1/t14-/m1/s1. The summed E-state index contributed by atoms with van der Waals surface area (Å²) < 4.78 is 1.70. The molecule has 0 saturated carbocycles. The summed E-state index contributed by atoms with van der Waals surface area (Å²) in [5.74, 6) is -1.08. The summed E-state index contributed by atoms with van der Waals surface area (Å²) in [6.45, 7) is 4.60. The zero-order chi connectivity index (χ0) is 18.5. The molecule has 1 aromatic carbocycles. The highest BCUT2D eigenvalue weighted by Gasteiger charge is 2.18. The summed E-state index contributed by atoms with van der Waals surface area (Å²) in [6.07, 6.45) is 3.70. The van der Waals surface area contributed by atoms with Crippen molar-refractivity contribution in [1.82, 2.24) is 25.0 Å². The van der Waals surface area contributed by atoms with E-state index in [-0.39, 0.29) is 0 Å². The molecule has 0 unspecified atom stereocenters. The third kappa shape index (κ3) is 4.19. The van der Waals surface area contributed by atoms with Gasteiger partial charge in [-0.3, -0.25) is 0 Å². The predicted molar refractivity (Wildman–Crippen MR) is 97.6 cm³/mol. The second-order valence-electron chi connectivity index (χ2n) is 6.15. The van der Waals surface area contributed by atoms with E-state index in [2.05, 4.69) is 20.3 Å². The SMILES string of the molecule is CCCC[C@@H](Sc1ncnc2c1nnn2Cc1ccc(C)cc1)C(=O)[O-]. The predicted octanol–water partition coefficient (Wildman–Crippen LogP) is 1.98. The first-order valence-electron chi connectivity index (χ1n) is 8.55. The lowest BCUT2D eigenvalue weighted by Crippen LogP contribution is -2.33. The number of aryl methyl sites for hydroxylation is 1. The number of unbranched alkanes of at least 4 members (excludes halogenated alkanes) is 1. The first-order chi connectivity index (χ1) is 12.6. The topological polar surface area (TPSA) is 96.6 Å². The van der Waals surface area contributed by atoms with Crippen LogP contribution in [-0.2, 0) is 11.3 Å². The third-order valence-electron chi connectivity index (χ3n) is 4.06. The molecule has 0 aliphatic carbocycles. The van der Waals surface area contributed by atoms with Gasteiger partial charge in [0.05, 0.1) is 17.8 Å². The zero-order valence-electron chi connectivity index (χ0n) is 14.8. The zero-order valence-corrected chi connectivity index (χ0v) is 15.6. The molecular formula is C18H20N5O2S-. The van der Waals surface area contributed by atoms with Gasteiger partial charge in [-0.05, 0) is 18.9 Å². The van der Waals surface area contributed by atoms with Crippen molar-refractivity contribution in [1.29, 1.82) is 0 Å². The van der Waals surface area contributed by atoms with Crippen molar-refractivity contribution in [3.63, 3.8) is 0 Å². The highest BCUT2D eigenvalue weighted by atomic mass is 32.2. The number of nitrogens with zero attached hydrogens (tertiary/aromatic N) is 5. The number of carbonyl (C=O) groups excluding carboxylic acids is 1. The third-order valence-corrected chi connectivity index (χ3v) is 5.29. The summed E-state index contributed by atoms with van der Waals surface area (Å²) in [5.41, 5.74) is 3.40. The molecule has 0 radical (unpaired) electrons. The van der Waals surface area contributed by atoms with Gasteiger partial charge in [-0.2, -0.15) is 0 Å². The van der Waals surface area contributed by atoms with Crippen LogP contribution in [0.1, 0.15) is 37.3 Å². The Hall–Kier alpha value is -2.48. The van der Waals surface area contributed by atoms with Crippen molar-refractivity contribution in [3.05, 3.63) is 41.7 Å². The Kier molecular flexibility index (Phi) is 5.82. The molecule has 0 spiro atoms. The van der Waals surface area contributed by atoms with Crippen LogP contribution in [0.3, 0.4) is 0 Å². The number of carbonyl (C=O) groups is 1. The summed E-state index contributed by atoms with van der Waals surface area (Å²) in [6, 6.07) is 8.17. The number of benzene rings is 1. The van der Waals surface area contributed by atoms with Crippen LogP contribution in [0.25, 0.3) is 11.2 Å². The summed E-state index contributed by atoms with van der Waals surface area (Å²) in [5, 5.41) is 19.6. The quantitative estimate of drug-likeness (QED) is 0.442. The van der Waals surface area contributed by atoms with Crippen molar-refractivity contribution in [3.8, 4) is 0 Å². The van der Waals surface area contributed by atoms with Crippen molar-refractivity contribution in [2.24, 2.45) is 0 Å². The van der Waals surface area contributed by atoms with Crippen LogP contribution >= 0.6 is 11.8 Å². The summed E-state index contributed by atoms with van der Waals surface area (Å²) in [7, 11) is 0. The Bertz CT molecular complexity index is 894. The number of hydrogen-bond acceptors (Lipinski definition) is 7. The molecule has 136 valence electrons. The molecular weight excluding hydrogens is 350 g/mol. The Balaban J connectivity index is 1.85. The molecule has 2 heterocycles. The molecule has 0 fully saturated rings. The molecule has 3 rings (SSSR count). The normalized spacial score (nSPS) is 12.4. The molecule has 7 nitrogen and oxygen atoms in total. The second-order valence-corrected chi connectivity index (χ2v) is 7.34. The maximum atomic E-state index is 11.4. The van der Waals surface area contributed by atoms with E-state index in [1.807, 2.05) is 38.1 Å². The van der Waals surface area contributed by atoms with Gasteiger partial charge in [0.1, 0.15) is 11.4 Å². The molecule has 26 heavy (non-hydrogen) atoms. The van der Waals surface area contributed by atoms with E-state index in [0.29, 0.717) is 29.2 Å².